The molecule has 0 bridgehead atoms. The molecule has 0 radical (unpaired) electrons. The number of rotatable bonds is 6. The molecule has 0 aliphatic carbocycles. The maximum atomic E-state index is 12.3. The van der Waals surface area contributed by atoms with Gasteiger partial charge >= 0.3 is 13.7 Å². The fraction of sp³-hybridized carbons (Fsp3) is 0.714. The zero-order valence-electron chi connectivity index (χ0n) is 7.67. The third-order valence-corrected chi connectivity index (χ3v) is 2.95. The van der Waals surface area contributed by atoms with E-state index in [2.05, 4.69) is 16.2 Å². The summed E-state index contributed by atoms with van der Waals surface area (Å²) >= 11 is 0. The molecule has 1 atom stereocenters. The topological polar surface area (TPSA) is 38.3 Å². The van der Waals surface area contributed by atoms with Crippen molar-refractivity contribution < 1.29 is 17.9 Å². The van der Waals surface area contributed by atoms with Crippen LogP contribution in [0.3, 0.4) is 0 Å². The molecule has 1 unspecified atom stereocenters. The summed E-state index contributed by atoms with van der Waals surface area (Å²) in [6.45, 7) is 6.45. The fourth-order valence-electron chi connectivity index (χ4n) is 0.657. The first-order valence-electron chi connectivity index (χ1n) is 3.84. The molecule has 3 nitrogen and oxygen atoms in total. The molecular formula is C7H14F2NO2P. The molecule has 0 saturated carbocycles. The van der Waals surface area contributed by atoms with E-state index in [-0.39, 0.29) is 6.54 Å². The van der Waals surface area contributed by atoms with Gasteiger partial charge in [0.25, 0.3) is 0 Å². The first-order chi connectivity index (χ1) is 5.92. The molecular weight excluding hydrogens is 199 g/mol. The summed E-state index contributed by atoms with van der Waals surface area (Å²) in [5.41, 5.74) is 0. The van der Waals surface area contributed by atoms with Crippen LogP contribution in [0.1, 0.15) is 13.8 Å². The molecule has 13 heavy (non-hydrogen) atoms. The summed E-state index contributed by atoms with van der Waals surface area (Å²) in [7, 11) is -4.02. The summed E-state index contributed by atoms with van der Waals surface area (Å²) in [6.07, 6.45) is -2.16. The Hall–Kier alpha value is -0.250. The number of halogens is 2. The normalized spacial score (nSPS) is 16.2. The van der Waals surface area contributed by atoms with Crippen LogP contribution < -0.4 is 5.09 Å². The van der Waals surface area contributed by atoms with Gasteiger partial charge in [-0.15, -0.1) is 6.58 Å². The van der Waals surface area contributed by atoms with Crippen LogP contribution in [-0.4, -0.2) is 18.8 Å². The van der Waals surface area contributed by atoms with Crippen LogP contribution in [0.5, 0.6) is 0 Å². The zero-order chi connectivity index (χ0) is 10.5. The molecule has 6 heteroatoms. The van der Waals surface area contributed by atoms with E-state index in [0.29, 0.717) is 0 Å². The van der Waals surface area contributed by atoms with Gasteiger partial charge in [0.05, 0.1) is 6.10 Å². The summed E-state index contributed by atoms with van der Waals surface area (Å²) in [5, 5.41) is 2.14. The van der Waals surface area contributed by atoms with Gasteiger partial charge in [0, 0.05) is 6.54 Å². The van der Waals surface area contributed by atoms with E-state index in [9.17, 15) is 13.3 Å². The second-order valence-corrected chi connectivity index (χ2v) is 4.79. The molecule has 0 aromatic carbocycles. The lowest BCUT2D eigenvalue weighted by molar-refractivity contribution is 0.163. The van der Waals surface area contributed by atoms with E-state index >= 15 is 0 Å². The Balaban J connectivity index is 4.34. The maximum absolute atomic E-state index is 12.3. The fourth-order valence-corrected chi connectivity index (χ4v) is 1.97. The molecule has 0 amide bonds. The van der Waals surface area contributed by atoms with Crippen LogP contribution in [0.2, 0.25) is 0 Å². The lowest BCUT2D eigenvalue weighted by Gasteiger charge is -2.19. The molecule has 0 aliphatic rings. The van der Waals surface area contributed by atoms with Gasteiger partial charge in [-0.3, -0.25) is 4.57 Å². The van der Waals surface area contributed by atoms with E-state index in [1.807, 2.05) is 0 Å². The van der Waals surface area contributed by atoms with Crippen molar-refractivity contribution in [2.45, 2.75) is 26.1 Å². The minimum absolute atomic E-state index is 0.0360. The molecule has 0 fully saturated rings. The molecule has 0 rings (SSSR count). The average molecular weight is 213 g/mol. The van der Waals surface area contributed by atoms with Crippen LogP contribution in [0.15, 0.2) is 12.7 Å². The largest absolute Gasteiger partial charge is 0.335 e. The van der Waals surface area contributed by atoms with Gasteiger partial charge in [0.2, 0.25) is 0 Å². The minimum atomic E-state index is -4.02. The number of hydrogen-bond acceptors (Lipinski definition) is 2. The highest BCUT2D eigenvalue weighted by Crippen LogP contribution is 2.50. The van der Waals surface area contributed by atoms with Gasteiger partial charge in [-0.2, -0.15) is 8.78 Å². The Morgan fingerprint density at radius 3 is 2.46 bits per heavy atom. The highest BCUT2D eigenvalue weighted by Gasteiger charge is 2.35. The first-order valence-corrected chi connectivity index (χ1v) is 5.54. The molecule has 0 aliphatic heterocycles. The molecule has 0 heterocycles. The van der Waals surface area contributed by atoms with E-state index in [0.717, 1.165) is 0 Å². The Morgan fingerprint density at radius 1 is 1.62 bits per heavy atom. The third-order valence-electron chi connectivity index (χ3n) is 1.08. The summed E-state index contributed by atoms with van der Waals surface area (Å²) in [6, 6.07) is 0. The van der Waals surface area contributed by atoms with E-state index in [1.54, 1.807) is 13.8 Å². The van der Waals surface area contributed by atoms with Crippen molar-refractivity contribution in [2.24, 2.45) is 0 Å². The Morgan fingerprint density at radius 2 is 2.15 bits per heavy atom. The van der Waals surface area contributed by atoms with Gasteiger partial charge in [-0.05, 0) is 13.8 Å². The standard InChI is InChI=1S/C7H14F2NO2P/c1-4-5-10-13(11,7(8)9)12-6(2)3/h4,6-7H,1,5H2,2-3H3,(H,10,11). The quantitative estimate of drug-likeness (QED) is 0.544. The van der Waals surface area contributed by atoms with Crippen molar-refractivity contribution in [1.29, 1.82) is 0 Å². The number of nitrogens with one attached hydrogen (secondary N) is 1. The van der Waals surface area contributed by atoms with E-state index < -0.39 is 19.8 Å². The molecule has 0 aromatic heterocycles. The molecule has 0 saturated heterocycles. The Kier molecular flexibility index (Phi) is 5.37. The van der Waals surface area contributed by atoms with Gasteiger partial charge in [-0.25, -0.2) is 5.09 Å². The van der Waals surface area contributed by atoms with Crippen LogP contribution in [-0.2, 0) is 9.09 Å². The second kappa shape index (κ2) is 5.47. The molecule has 1 N–H and O–H groups in total. The predicted molar refractivity (Wildman–Crippen MR) is 48.0 cm³/mol. The number of alkyl halides is 2. The smallest absolute Gasteiger partial charge is 0.311 e. The molecule has 0 aromatic rings. The monoisotopic (exact) mass is 213 g/mol. The second-order valence-electron chi connectivity index (χ2n) is 2.68. The van der Waals surface area contributed by atoms with Crippen LogP contribution in [0, 0.1) is 0 Å². The minimum Gasteiger partial charge on any atom is -0.311 e. The third kappa shape index (κ3) is 4.50. The van der Waals surface area contributed by atoms with Gasteiger partial charge in [0.1, 0.15) is 0 Å². The molecule has 0 spiro atoms. The number of hydrogen-bond donors (Lipinski definition) is 1. The SMILES string of the molecule is C=CCNP(=O)(OC(C)C)C(F)F. The summed E-state index contributed by atoms with van der Waals surface area (Å²) in [5.74, 6) is 0. The average Bonchev–Trinajstić information content (AvgIpc) is 1.99. The lowest BCUT2D eigenvalue weighted by Crippen LogP contribution is -2.20. The molecule has 78 valence electrons. The predicted octanol–water partition coefficient (Wildman–Crippen LogP) is 2.60. The van der Waals surface area contributed by atoms with Gasteiger partial charge < -0.3 is 4.52 Å². The Labute approximate surface area is 76.7 Å². The van der Waals surface area contributed by atoms with Crippen LogP contribution in [0.25, 0.3) is 0 Å². The van der Waals surface area contributed by atoms with E-state index in [4.69, 9.17) is 0 Å². The first kappa shape index (κ1) is 12.8. The van der Waals surface area contributed by atoms with Gasteiger partial charge in [0.15, 0.2) is 0 Å². The van der Waals surface area contributed by atoms with Crippen molar-refractivity contribution in [3.05, 3.63) is 12.7 Å². The maximum Gasteiger partial charge on any atom is 0.335 e. The summed E-state index contributed by atoms with van der Waals surface area (Å²) < 4.78 is 40.6. The Bertz CT molecular complexity index is 209. The van der Waals surface area contributed by atoms with E-state index in [1.165, 1.54) is 6.08 Å². The van der Waals surface area contributed by atoms with Crippen molar-refractivity contribution in [3.63, 3.8) is 0 Å². The zero-order valence-corrected chi connectivity index (χ0v) is 8.56. The van der Waals surface area contributed by atoms with Crippen molar-refractivity contribution in [3.8, 4) is 0 Å². The van der Waals surface area contributed by atoms with Crippen LogP contribution in [0.4, 0.5) is 8.78 Å². The van der Waals surface area contributed by atoms with Gasteiger partial charge in [-0.1, -0.05) is 6.08 Å². The van der Waals surface area contributed by atoms with Crippen LogP contribution >= 0.6 is 7.52 Å². The van der Waals surface area contributed by atoms with Crippen molar-refractivity contribution in [2.75, 3.05) is 6.54 Å². The van der Waals surface area contributed by atoms with Crippen molar-refractivity contribution in [1.82, 2.24) is 5.09 Å². The highest BCUT2D eigenvalue weighted by atomic mass is 31.2. The van der Waals surface area contributed by atoms with Crippen molar-refractivity contribution >= 4 is 7.52 Å². The lowest BCUT2D eigenvalue weighted by atomic mass is 10.5. The summed E-state index contributed by atoms with van der Waals surface area (Å²) in [4.78, 5) is 0. The highest BCUT2D eigenvalue weighted by molar-refractivity contribution is 7.57.